The molecule has 0 bridgehead atoms. The molecule has 0 aromatic heterocycles. The van der Waals surface area contributed by atoms with Crippen molar-refractivity contribution in [3.63, 3.8) is 0 Å². The molecule has 0 saturated carbocycles. The molecule has 70 valence electrons. The molecule has 2 fully saturated rings. The normalized spacial score (nSPS) is 25.5. The van der Waals surface area contributed by atoms with E-state index in [9.17, 15) is 0 Å². The first kappa shape index (κ1) is 8.74. The van der Waals surface area contributed by atoms with Crippen LogP contribution >= 0.6 is 0 Å². The number of rotatable bonds is 3. The van der Waals surface area contributed by atoms with Gasteiger partial charge in [-0.2, -0.15) is 5.26 Å². The summed E-state index contributed by atoms with van der Waals surface area (Å²) in [5.74, 6) is 0. The van der Waals surface area contributed by atoms with Crippen LogP contribution < -0.4 is 0 Å². The molecule has 2 rings (SSSR count). The summed E-state index contributed by atoms with van der Waals surface area (Å²) >= 11 is 0. The van der Waals surface area contributed by atoms with Gasteiger partial charge in [0.05, 0.1) is 19.3 Å². The van der Waals surface area contributed by atoms with E-state index in [0.29, 0.717) is 5.41 Å². The molecule has 0 aliphatic carbocycles. The highest BCUT2D eigenvalue weighted by atomic mass is 16.5. The summed E-state index contributed by atoms with van der Waals surface area (Å²) in [6.07, 6.45) is 4.48. The average molecular weight is 178 g/mol. The molecule has 1 spiro atoms. The van der Waals surface area contributed by atoms with Gasteiger partial charge in [0.1, 0.15) is 0 Å². The van der Waals surface area contributed by atoms with E-state index in [0.717, 1.165) is 26.2 Å². The molecular weight excluding hydrogens is 164 g/mol. The van der Waals surface area contributed by atoms with Crippen molar-refractivity contribution >= 4 is 0 Å². The fourth-order valence-electron chi connectivity index (χ4n) is 2.03. The van der Waals surface area contributed by atoms with Crippen molar-refractivity contribution in [3.8, 4) is 6.07 Å². The van der Waals surface area contributed by atoms with Crippen LogP contribution in [0.2, 0.25) is 0 Å². The van der Waals surface area contributed by atoms with Crippen LogP contribution in [0.5, 0.6) is 0 Å². The second-order valence-electron chi connectivity index (χ2n) is 4.02. The van der Waals surface area contributed by atoms with Crippen LogP contribution in [0.4, 0.5) is 0 Å². The summed E-state index contributed by atoms with van der Waals surface area (Å²) in [7, 11) is 0. The highest BCUT2D eigenvalue weighted by Crippen LogP contribution is 2.37. The van der Waals surface area contributed by atoms with Crippen LogP contribution in [0, 0.1) is 16.7 Å². The molecule has 2 heterocycles. The minimum absolute atomic E-state index is 0.527. The van der Waals surface area contributed by atoms with Gasteiger partial charge in [0, 0.05) is 31.1 Å². The standard InChI is InChI=1S/C10H14N2O/c11-4-2-1-3-5-12-6-10(7-12)8-13-9-10/h1-2H,3,5-9H2. The third kappa shape index (κ3) is 1.74. The summed E-state index contributed by atoms with van der Waals surface area (Å²) in [6, 6.07) is 2.00. The Morgan fingerprint density at radius 1 is 1.46 bits per heavy atom. The average Bonchev–Trinajstić information content (AvgIpc) is 1.97. The predicted octanol–water partition coefficient (Wildman–Crippen LogP) is 0.788. The Bertz CT molecular complexity index is 242. The zero-order chi connectivity index (χ0) is 9.15. The number of nitriles is 1. The fourth-order valence-corrected chi connectivity index (χ4v) is 2.03. The maximum Gasteiger partial charge on any atom is 0.0908 e. The molecule has 0 N–H and O–H groups in total. The van der Waals surface area contributed by atoms with Crippen molar-refractivity contribution in [2.75, 3.05) is 32.8 Å². The molecular formula is C10H14N2O. The molecule has 3 nitrogen and oxygen atoms in total. The zero-order valence-electron chi connectivity index (χ0n) is 7.70. The second-order valence-corrected chi connectivity index (χ2v) is 4.02. The van der Waals surface area contributed by atoms with E-state index in [4.69, 9.17) is 10.00 Å². The quantitative estimate of drug-likeness (QED) is 0.599. The number of ether oxygens (including phenoxy) is 1. The molecule has 2 saturated heterocycles. The monoisotopic (exact) mass is 178 g/mol. The van der Waals surface area contributed by atoms with E-state index in [2.05, 4.69) is 4.90 Å². The van der Waals surface area contributed by atoms with E-state index >= 15 is 0 Å². The predicted molar refractivity (Wildman–Crippen MR) is 49.1 cm³/mol. The topological polar surface area (TPSA) is 36.3 Å². The SMILES string of the molecule is N#CC=CCCN1CC2(COC2)C1. The molecule has 0 radical (unpaired) electrons. The summed E-state index contributed by atoms with van der Waals surface area (Å²) in [6.45, 7) is 5.37. The van der Waals surface area contributed by atoms with Gasteiger partial charge in [-0.1, -0.05) is 6.08 Å². The van der Waals surface area contributed by atoms with Crippen molar-refractivity contribution in [1.29, 1.82) is 5.26 Å². The van der Waals surface area contributed by atoms with E-state index in [1.807, 2.05) is 12.1 Å². The molecule has 13 heavy (non-hydrogen) atoms. The Morgan fingerprint density at radius 2 is 2.23 bits per heavy atom. The van der Waals surface area contributed by atoms with Gasteiger partial charge in [-0.3, -0.25) is 0 Å². The summed E-state index contributed by atoms with van der Waals surface area (Å²) in [5, 5.41) is 8.27. The molecule has 0 aromatic rings. The lowest BCUT2D eigenvalue weighted by molar-refractivity contribution is -0.188. The molecule has 3 heteroatoms. The largest absolute Gasteiger partial charge is 0.380 e. The van der Waals surface area contributed by atoms with E-state index < -0.39 is 0 Å². The lowest BCUT2D eigenvalue weighted by Crippen LogP contribution is -2.65. The van der Waals surface area contributed by atoms with E-state index in [-0.39, 0.29) is 0 Å². The Hall–Kier alpha value is -0.850. The van der Waals surface area contributed by atoms with Gasteiger partial charge >= 0.3 is 0 Å². The van der Waals surface area contributed by atoms with E-state index in [1.54, 1.807) is 6.08 Å². The van der Waals surface area contributed by atoms with Gasteiger partial charge in [0.2, 0.25) is 0 Å². The van der Waals surface area contributed by atoms with Crippen molar-refractivity contribution in [2.45, 2.75) is 6.42 Å². The van der Waals surface area contributed by atoms with Crippen LogP contribution in [0.1, 0.15) is 6.42 Å². The van der Waals surface area contributed by atoms with Crippen molar-refractivity contribution in [3.05, 3.63) is 12.2 Å². The first-order valence-electron chi connectivity index (χ1n) is 4.69. The Labute approximate surface area is 78.6 Å². The molecule has 0 aromatic carbocycles. The van der Waals surface area contributed by atoms with Crippen molar-refractivity contribution in [1.82, 2.24) is 4.90 Å². The second kappa shape index (κ2) is 3.49. The molecule has 2 aliphatic heterocycles. The van der Waals surface area contributed by atoms with Crippen LogP contribution in [0.3, 0.4) is 0 Å². The van der Waals surface area contributed by atoms with Gasteiger partial charge in [-0.25, -0.2) is 0 Å². The Balaban J connectivity index is 1.59. The minimum Gasteiger partial charge on any atom is -0.380 e. The molecule has 0 atom stereocenters. The zero-order valence-corrected chi connectivity index (χ0v) is 7.70. The number of hydrogen-bond acceptors (Lipinski definition) is 3. The summed E-state index contributed by atoms with van der Waals surface area (Å²) in [4.78, 5) is 2.42. The third-order valence-electron chi connectivity index (χ3n) is 2.74. The van der Waals surface area contributed by atoms with Crippen LogP contribution in [-0.2, 0) is 4.74 Å². The Morgan fingerprint density at radius 3 is 2.77 bits per heavy atom. The lowest BCUT2D eigenvalue weighted by atomic mass is 9.78. The number of hydrogen-bond donors (Lipinski definition) is 0. The molecule has 2 aliphatic rings. The van der Waals surface area contributed by atoms with Gasteiger partial charge in [0.25, 0.3) is 0 Å². The molecule has 0 amide bonds. The van der Waals surface area contributed by atoms with Crippen LogP contribution in [-0.4, -0.2) is 37.7 Å². The summed E-state index contributed by atoms with van der Waals surface area (Å²) in [5.41, 5.74) is 0.527. The molecule has 0 unspecified atom stereocenters. The maximum atomic E-state index is 8.27. The van der Waals surface area contributed by atoms with Crippen molar-refractivity contribution in [2.24, 2.45) is 5.41 Å². The van der Waals surface area contributed by atoms with Crippen LogP contribution in [0.25, 0.3) is 0 Å². The summed E-state index contributed by atoms with van der Waals surface area (Å²) < 4.78 is 5.19. The fraction of sp³-hybridized carbons (Fsp3) is 0.700. The van der Waals surface area contributed by atoms with E-state index in [1.165, 1.54) is 13.1 Å². The number of allylic oxidation sites excluding steroid dienone is 1. The number of likely N-dealkylation sites (tertiary alicyclic amines) is 1. The highest BCUT2D eigenvalue weighted by molar-refractivity contribution is 5.03. The number of nitrogens with zero attached hydrogens (tertiary/aromatic N) is 2. The maximum absolute atomic E-state index is 8.27. The van der Waals surface area contributed by atoms with Crippen molar-refractivity contribution < 1.29 is 4.74 Å². The lowest BCUT2D eigenvalue weighted by Gasteiger charge is -2.55. The highest BCUT2D eigenvalue weighted by Gasteiger charge is 2.48. The first-order valence-corrected chi connectivity index (χ1v) is 4.69. The van der Waals surface area contributed by atoms with Crippen LogP contribution in [0.15, 0.2) is 12.2 Å². The Kier molecular flexibility index (Phi) is 2.34. The first-order chi connectivity index (χ1) is 6.35. The van der Waals surface area contributed by atoms with Gasteiger partial charge < -0.3 is 9.64 Å². The van der Waals surface area contributed by atoms with Gasteiger partial charge in [-0.15, -0.1) is 0 Å². The van der Waals surface area contributed by atoms with Gasteiger partial charge in [-0.05, 0) is 6.42 Å². The van der Waals surface area contributed by atoms with Gasteiger partial charge in [0.15, 0.2) is 0 Å². The third-order valence-corrected chi connectivity index (χ3v) is 2.74. The minimum atomic E-state index is 0.527. The smallest absolute Gasteiger partial charge is 0.0908 e.